The Balaban J connectivity index is 1.04. The average molecular weight is 601 g/mol. The smallest absolute Gasteiger partial charge is 0.213 e. The zero-order valence-electron chi connectivity index (χ0n) is 25.5. The lowest BCUT2D eigenvalue weighted by Gasteiger charge is -2.11. The first-order valence-corrected chi connectivity index (χ1v) is 16.0. The number of furan rings is 1. The first-order valence-electron chi connectivity index (χ1n) is 16.0. The van der Waals surface area contributed by atoms with Crippen LogP contribution in [-0.4, -0.2) is 9.13 Å². The standard InChI is InChI=1S/C44H28N2O/c1-2-12-33(13-3-1)46-41-20-9-6-17-37(41)43-38-26-25-32(28-42(38)47-44(43)46)30-23-21-29(22-24-30)31-11-10-14-34(27-31)45-39-18-7-4-15-35(39)36-16-5-8-19-40(36)45/h1-28H. The molecule has 0 spiro atoms. The van der Waals surface area contributed by atoms with E-state index in [-0.39, 0.29) is 0 Å². The number of hydrogen-bond donors (Lipinski definition) is 0. The van der Waals surface area contributed by atoms with Gasteiger partial charge in [-0.15, -0.1) is 0 Å². The van der Waals surface area contributed by atoms with Crippen molar-refractivity contribution in [3.63, 3.8) is 0 Å². The van der Waals surface area contributed by atoms with E-state index in [0.717, 1.165) is 50.1 Å². The maximum Gasteiger partial charge on any atom is 0.213 e. The molecule has 10 rings (SSSR count). The van der Waals surface area contributed by atoms with Crippen LogP contribution in [0.2, 0.25) is 0 Å². The van der Waals surface area contributed by atoms with E-state index in [4.69, 9.17) is 4.42 Å². The van der Waals surface area contributed by atoms with E-state index < -0.39 is 0 Å². The summed E-state index contributed by atoms with van der Waals surface area (Å²) in [6.07, 6.45) is 0. The van der Waals surface area contributed by atoms with Gasteiger partial charge in [-0.2, -0.15) is 0 Å². The molecule has 0 atom stereocenters. The van der Waals surface area contributed by atoms with E-state index in [1.807, 2.05) is 6.07 Å². The van der Waals surface area contributed by atoms with Gasteiger partial charge in [0.1, 0.15) is 5.58 Å². The predicted molar refractivity (Wildman–Crippen MR) is 196 cm³/mol. The number of fused-ring (bicyclic) bond motifs is 8. The van der Waals surface area contributed by atoms with Crippen LogP contribution < -0.4 is 0 Å². The lowest BCUT2D eigenvalue weighted by Crippen LogP contribution is -1.94. The number of nitrogens with zero attached hydrogens (tertiary/aromatic N) is 2. The first-order chi connectivity index (χ1) is 23.3. The molecule has 7 aromatic carbocycles. The maximum absolute atomic E-state index is 6.65. The molecule has 0 saturated heterocycles. The molecule has 47 heavy (non-hydrogen) atoms. The molecule has 3 nitrogen and oxygen atoms in total. The van der Waals surface area contributed by atoms with Crippen molar-refractivity contribution < 1.29 is 4.42 Å². The molecule has 3 aromatic heterocycles. The van der Waals surface area contributed by atoms with Gasteiger partial charge in [-0.3, -0.25) is 4.57 Å². The van der Waals surface area contributed by atoms with Crippen molar-refractivity contribution >= 4 is 54.8 Å². The molecule has 0 aliphatic heterocycles. The van der Waals surface area contributed by atoms with Crippen LogP contribution in [0.1, 0.15) is 0 Å². The fourth-order valence-corrected chi connectivity index (χ4v) is 7.38. The Labute approximate surface area is 271 Å². The molecule has 0 bridgehead atoms. The maximum atomic E-state index is 6.65. The van der Waals surface area contributed by atoms with Crippen LogP contribution in [0.3, 0.4) is 0 Å². The molecule has 0 radical (unpaired) electrons. The molecule has 3 heteroatoms. The molecule has 0 saturated carbocycles. The number of rotatable bonds is 4. The summed E-state index contributed by atoms with van der Waals surface area (Å²) >= 11 is 0. The average Bonchev–Trinajstić information content (AvgIpc) is 3.78. The highest BCUT2D eigenvalue weighted by atomic mass is 16.3. The Morgan fingerprint density at radius 1 is 0.340 bits per heavy atom. The molecule has 3 heterocycles. The monoisotopic (exact) mass is 600 g/mol. The Bertz CT molecular complexity index is 2720. The van der Waals surface area contributed by atoms with E-state index in [1.165, 1.54) is 38.3 Å². The first kappa shape index (κ1) is 26.0. The van der Waals surface area contributed by atoms with E-state index in [1.54, 1.807) is 0 Å². The van der Waals surface area contributed by atoms with E-state index >= 15 is 0 Å². The zero-order chi connectivity index (χ0) is 30.9. The summed E-state index contributed by atoms with van der Waals surface area (Å²) in [5.74, 6) is 0. The fraction of sp³-hybridized carbons (Fsp3) is 0. The van der Waals surface area contributed by atoms with Gasteiger partial charge in [-0.25, -0.2) is 0 Å². The quantitative estimate of drug-likeness (QED) is 0.197. The van der Waals surface area contributed by atoms with Crippen molar-refractivity contribution in [2.45, 2.75) is 0 Å². The Morgan fingerprint density at radius 2 is 0.872 bits per heavy atom. The minimum Gasteiger partial charge on any atom is -0.439 e. The summed E-state index contributed by atoms with van der Waals surface area (Å²) in [6, 6.07) is 60.6. The fourth-order valence-electron chi connectivity index (χ4n) is 7.38. The normalized spacial score (nSPS) is 11.8. The minimum atomic E-state index is 0.878. The number of benzene rings is 7. The van der Waals surface area contributed by atoms with Gasteiger partial charge in [-0.05, 0) is 76.9 Å². The van der Waals surface area contributed by atoms with E-state index in [2.05, 4.69) is 173 Å². The van der Waals surface area contributed by atoms with Gasteiger partial charge in [-0.1, -0.05) is 115 Å². The molecule has 10 aromatic rings. The molecule has 0 aliphatic rings. The van der Waals surface area contributed by atoms with Crippen LogP contribution >= 0.6 is 0 Å². The predicted octanol–water partition coefficient (Wildman–Crippen LogP) is 12.0. The number of para-hydroxylation sites is 4. The summed E-state index contributed by atoms with van der Waals surface area (Å²) in [5.41, 5.74) is 12.3. The third-order valence-electron chi connectivity index (χ3n) is 9.54. The molecule has 0 unspecified atom stereocenters. The van der Waals surface area contributed by atoms with Crippen LogP contribution in [0.15, 0.2) is 174 Å². The summed E-state index contributed by atoms with van der Waals surface area (Å²) < 4.78 is 11.2. The van der Waals surface area contributed by atoms with Gasteiger partial charge in [0.2, 0.25) is 5.71 Å². The van der Waals surface area contributed by atoms with Crippen molar-refractivity contribution in [2.24, 2.45) is 0 Å². The van der Waals surface area contributed by atoms with Crippen molar-refractivity contribution in [3.8, 4) is 33.6 Å². The van der Waals surface area contributed by atoms with Crippen LogP contribution in [-0.2, 0) is 0 Å². The molecular weight excluding hydrogens is 572 g/mol. The number of aromatic nitrogens is 2. The van der Waals surface area contributed by atoms with Gasteiger partial charge >= 0.3 is 0 Å². The van der Waals surface area contributed by atoms with Crippen molar-refractivity contribution in [2.75, 3.05) is 0 Å². The largest absolute Gasteiger partial charge is 0.439 e. The van der Waals surface area contributed by atoms with Crippen LogP contribution in [0.5, 0.6) is 0 Å². The second-order valence-electron chi connectivity index (χ2n) is 12.2. The van der Waals surface area contributed by atoms with E-state index in [0.29, 0.717) is 0 Å². The SMILES string of the molecule is c1ccc(-n2c3ccccc3c3c4ccc(-c5ccc(-c6cccc(-n7c8ccccc8c8ccccc87)c6)cc5)cc4oc32)cc1. The van der Waals surface area contributed by atoms with Crippen molar-refractivity contribution in [1.29, 1.82) is 0 Å². The van der Waals surface area contributed by atoms with Crippen LogP contribution in [0.4, 0.5) is 0 Å². The molecular formula is C44H28N2O. The second kappa shape index (κ2) is 10.1. The summed E-state index contributed by atoms with van der Waals surface area (Å²) in [4.78, 5) is 0. The van der Waals surface area contributed by atoms with Gasteiger partial charge in [0.15, 0.2) is 0 Å². The lowest BCUT2D eigenvalue weighted by atomic mass is 9.99. The topological polar surface area (TPSA) is 23.0 Å². The third-order valence-corrected chi connectivity index (χ3v) is 9.54. The number of hydrogen-bond acceptors (Lipinski definition) is 1. The summed E-state index contributed by atoms with van der Waals surface area (Å²) in [5, 5.41) is 6.03. The molecule has 0 fully saturated rings. The van der Waals surface area contributed by atoms with Crippen molar-refractivity contribution in [1.82, 2.24) is 9.13 Å². The second-order valence-corrected chi connectivity index (χ2v) is 12.2. The summed E-state index contributed by atoms with van der Waals surface area (Å²) in [6.45, 7) is 0. The Hall–Kier alpha value is -6.32. The molecule has 0 aliphatic carbocycles. The van der Waals surface area contributed by atoms with Gasteiger partial charge in [0, 0.05) is 32.9 Å². The highest BCUT2D eigenvalue weighted by Gasteiger charge is 2.19. The summed E-state index contributed by atoms with van der Waals surface area (Å²) in [7, 11) is 0. The highest BCUT2D eigenvalue weighted by Crippen LogP contribution is 2.40. The van der Waals surface area contributed by atoms with Crippen LogP contribution in [0.25, 0.3) is 88.4 Å². The minimum absolute atomic E-state index is 0.878. The Morgan fingerprint density at radius 3 is 1.55 bits per heavy atom. The van der Waals surface area contributed by atoms with E-state index in [9.17, 15) is 0 Å². The van der Waals surface area contributed by atoms with Crippen LogP contribution in [0, 0.1) is 0 Å². The molecule has 220 valence electrons. The zero-order valence-corrected chi connectivity index (χ0v) is 25.5. The molecule has 0 N–H and O–H groups in total. The lowest BCUT2D eigenvalue weighted by molar-refractivity contribution is 0.645. The van der Waals surface area contributed by atoms with Gasteiger partial charge < -0.3 is 8.98 Å². The third kappa shape index (κ3) is 3.93. The van der Waals surface area contributed by atoms with Crippen molar-refractivity contribution in [3.05, 3.63) is 170 Å². The Kier molecular flexibility index (Phi) is 5.57. The molecule has 0 amide bonds. The van der Waals surface area contributed by atoms with Gasteiger partial charge in [0.25, 0.3) is 0 Å². The van der Waals surface area contributed by atoms with Gasteiger partial charge in [0.05, 0.1) is 21.9 Å². The highest BCUT2D eigenvalue weighted by molar-refractivity contribution is 6.20.